The fourth-order valence-corrected chi connectivity index (χ4v) is 3.59. The Morgan fingerprint density at radius 2 is 2.29 bits per heavy atom. The van der Waals surface area contributed by atoms with E-state index in [0.717, 1.165) is 16.6 Å². The summed E-state index contributed by atoms with van der Waals surface area (Å²) in [5.74, 6) is 0.125. The molecule has 94 valence electrons. The maximum atomic E-state index is 11.8. The van der Waals surface area contributed by atoms with Crippen LogP contribution in [0.3, 0.4) is 0 Å². The van der Waals surface area contributed by atoms with Crippen molar-refractivity contribution in [3.63, 3.8) is 0 Å². The summed E-state index contributed by atoms with van der Waals surface area (Å²) in [5.41, 5.74) is 5.84. The van der Waals surface area contributed by atoms with Crippen LogP contribution in [0.25, 0.3) is 0 Å². The Bertz CT molecular complexity index is 395. The normalized spacial score (nSPS) is 17.5. The van der Waals surface area contributed by atoms with E-state index >= 15 is 0 Å². The van der Waals surface area contributed by atoms with Gasteiger partial charge in [0.05, 0.1) is 10.3 Å². The van der Waals surface area contributed by atoms with Gasteiger partial charge in [0, 0.05) is 11.3 Å². The van der Waals surface area contributed by atoms with E-state index in [4.69, 9.17) is 5.73 Å². The summed E-state index contributed by atoms with van der Waals surface area (Å²) >= 11 is 5.06. The first-order valence-electron chi connectivity index (χ1n) is 5.85. The molecule has 0 atom stereocenters. The highest BCUT2D eigenvalue weighted by molar-refractivity contribution is 9.11. The SMILES string of the molecule is NCC1(CC(=O)NCc2ccc(Br)s2)CCC1. The third kappa shape index (κ3) is 3.30. The van der Waals surface area contributed by atoms with Crippen LogP contribution in [-0.4, -0.2) is 12.5 Å². The molecule has 1 saturated carbocycles. The fourth-order valence-electron chi connectivity index (χ4n) is 2.17. The molecule has 3 nitrogen and oxygen atoms in total. The Kier molecular flexibility index (Phi) is 4.22. The monoisotopic (exact) mass is 316 g/mol. The van der Waals surface area contributed by atoms with E-state index < -0.39 is 0 Å². The molecule has 0 saturated heterocycles. The Balaban J connectivity index is 1.77. The minimum atomic E-state index is 0.0973. The van der Waals surface area contributed by atoms with Crippen LogP contribution >= 0.6 is 27.3 Å². The van der Waals surface area contributed by atoms with E-state index in [1.165, 1.54) is 11.3 Å². The molecule has 0 spiro atoms. The zero-order valence-corrected chi connectivity index (χ0v) is 12.1. The van der Waals surface area contributed by atoms with Crippen molar-refractivity contribution in [1.29, 1.82) is 0 Å². The minimum absolute atomic E-state index is 0.0973. The Hall–Kier alpha value is -0.390. The smallest absolute Gasteiger partial charge is 0.220 e. The van der Waals surface area contributed by atoms with Crippen molar-refractivity contribution in [3.8, 4) is 0 Å². The maximum Gasteiger partial charge on any atom is 0.220 e. The first kappa shape index (κ1) is 13.1. The lowest BCUT2D eigenvalue weighted by Crippen LogP contribution is -2.41. The van der Waals surface area contributed by atoms with Crippen LogP contribution in [0.4, 0.5) is 0 Å². The molecule has 1 aromatic rings. The highest BCUT2D eigenvalue weighted by Crippen LogP contribution is 2.42. The van der Waals surface area contributed by atoms with Crippen LogP contribution in [0.2, 0.25) is 0 Å². The average Bonchev–Trinajstić information content (AvgIpc) is 2.67. The third-order valence-electron chi connectivity index (χ3n) is 3.47. The van der Waals surface area contributed by atoms with Gasteiger partial charge in [-0.05, 0) is 52.9 Å². The van der Waals surface area contributed by atoms with Gasteiger partial charge in [-0.2, -0.15) is 0 Å². The Labute approximate surface area is 114 Å². The van der Waals surface area contributed by atoms with Crippen LogP contribution in [0, 0.1) is 5.41 Å². The summed E-state index contributed by atoms with van der Waals surface area (Å²) in [6.07, 6.45) is 3.99. The molecule has 0 radical (unpaired) electrons. The number of hydrogen-bond donors (Lipinski definition) is 2. The van der Waals surface area contributed by atoms with Gasteiger partial charge in [-0.25, -0.2) is 0 Å². The first-order valence-corrected chi connectivity index (χ1v) is 7.45. The number of hydrogen-bond acceptors (Lipinski definition) is 3. The lowest BCUT2D eigenvalue weighted by atomic mass is 9.66. The van der Waals surface area contributed by atoms with Crippen LogP contribution in [0.5, 0.6) is 0 Å². The van der Waals surface area contributed by atoms with Gasteiger partial charge in [-0.1, -0.05) is 6.42 Å². The molecule has 17 heavy (non-hydrogen) atoms. The number of rotatable bonds is 5. The van der Waals surface area contributed by atoms with Gasteiger partial charge in [-0.15, -0.1) is 11.3 Å². The molecule has 0 bridgehead atoms. The first-order chi connectivity index (χ1) is 8.13. The predicted molar refractivity (Wildman–Crippen MR) is 73.8 cm³/mol. The third-order valence-corrected chi connectivity index (χ3v) is 5.10. The molecule has 0 unspecified atom stereocenters. The van der Waals surface area contributed by atoms with Crippen LogP contribution < -0.4 is 11.1 Å². The number of halogens is 1. The summed E-state index contributed by atoms with van der Waals surface area (Å²) in [5, 5.41) is 2.97. The summed E-state index contributed by atoms with van der Waals surface area (Å²) in [7, 11) is 0. The number of nitrogens with two attached hydrogens (primary N) is 1. The number of amides is 1. The lowest BCUT2D eigenvalue weighted by molar-refractivity contribution is -0.124. The molecule has 1 fully saturated rings. The van der Waals surface area contributed by atoms with Crippen molar-refractivity contribution in [2.45, 2.75) is 32.2 Å². The van der Waals surface area contributed by atoms with Crippen molar-refractivity contribution >= 4 is 33.2 Å². The molecule has 1 aliphatic rings. The molecule has 3 N–H and O–H groups in total. The maximum absolute atomic E-state index is 11.8. The number of carbonyl (C=O) groups excluding carboxylic acids is 1. The van der Waals surface area contributed by atoms with Gasteiger partial charge < -0.3 is 11.1 Å². The quantitative estimate of drug-likeness (QED) is 0.877. The predicted octanol–water partition coefficient (Wildman–Crippen LogP) is 2.65. The highest BCUT2D eigenvalue weighted by Gasteiger charge is 2.37. The molecular formula is C12H17BrN2OS. The minimum Gasteiger partial charge on any atom is -0.351 e. The highest BCUT2D eigenvalue weighted by atomic mass is 79.9. The van der Waals surface area contributed by atoms with Gasteiger partial charge in [0.25, 0.3) is 0 Å². The van der Waals surface area contributed by atoms with Crippen molar-refractivity contribution in [2.24, 2.45) is 11.1 Å². The van der Waals surface area contributed by atoms with Crippen molar-refractivity contribution < 1.29 is 4.79 Å². The summed E-state index contributed by atoms with van der Waals surface area (Å²) in [6, 6.07) is 4.02. The average molecular weight is 317 g/mol. The molecule has 0 aliphatic heterocycles. The van der Waals surface area contributed by atoms with Crippen LogP contribution in [0.15, 0.2) is 15.9 Å². The van der Waals surface area contributed by atoms with Crippen LogP contribution in [-0.2, 0) is 11.3 Å². The van der Waals surface area contributed by atoms with E-state index in [-0.39, 0.29) is 11.3 Å². The standard InChI is InChI=1S/C12H17BrN2OS/c13-10-3-2-9(17-10)7-15-11(16)6-12(8-14)4-1-5-12/h2-3H,1,4-8,14H2,(H,15,16). The number of carbonyl (C=O) groups is 1. The second-order valence-electron chi connectivity index (χ2n) is 4.72. The van der Waals surface area contributed by atoms with Crippen LogP contribution in [0.1, 0.15) is 30.6 Å². The molecule has 1 heterocycles. The molecule has 5 heteroatoms. The van der Waals surface area contributed by atoms with Gasteiger partial charge in [0.1, 0.15) is 0 Å². The van der Waals surface area contributed by atoms with E-state index in [9.17, 15) is 4.79 Å². The van der Waals surface area contributed by atoms with Gasteiger partial charge in [0.2, 0.25) is 5.91 Å². The van der Waals surface area contributed by atoms with E-state index in [1.807, 2.05) is 12.1 Å². The number of nitrogens with one attached hydrogen (secondary N) is 1. The van der Waals surface area contributed by atoms with Gasteiger partial charge >= 0.3 is 0 Å². The molecule has 1 aromatic heterocycles. The molecule has 1 amide bonds. The van der Waals surface area contributed by atoms with Crippen molar-refractivity contribution in [2.75, 3.05) is 6.54 Å². The van der Waals surface area contributed by atoms with Gasteiger partial charge in [-0.3, -0.25) is 4.79 Å². The van der Waals surface area contributed by atoms with E-state index in [1.54, 1.807) is 11.3 Å². The Morgan fingerprint density at radius 3 is 2.76 bits per heavy atom. The molecule has 1 aliphatic carbocycles. The lowest BCUT2D eigenvalue weighted by Gasteiger charge is -2.40. The van der Waals surface area contributed by atoms with Crippen molar-refractivity contribution in [3.05, 3.63) is 20.8 Å². The number of thiophene rings is 1. The second kappa shape index (κ2) is 5.50. The van der Waals surface area contributed by atoms with E-state index in [2.05, 4.69) is 21.2 Å². The summed E-state index contributed by atoms with van der Waals surface area (Å²) in [6.45, 7) is 1.25. The molecular weight excluding hydrogens is 300 g/mol. The summed E-state index contributed by atoms with van der Waals surface area (Å²) < 4.78 is 1.10. The molecule has 0 aromatic carbocycles. The van der Waals surface area contributed by atoms with Gasteiger partial charge in [0.15, 0.2) is 0 Å². The molecule has 2 rings (SSSR count). The fraction of sp³-hybridized carbons (Fsp3) is 0.583. The largest absolute Gasteiger partial charge is 0.351 e. The Morgan fingerprint density at radius 1 is 1.53 bits per heavy atom. The zero-order valence-electron chi connectivity index (χ0n) is 9.67. The van der Waals surface area contributed by atoms with Crippen molar-refractivity contribution in [1.82, 2.24) is 5.32 Å². The van der Waals surface area contributed by atoms with E-state index in [0.29, 0.717) is 19.5 Å². The zero-order chi connectivity index (χ0) is 12.3. The summed E-state index contributed by atoms with van der Waals surface area (Å²) in [4.78, 5) is 13.0. The second-order valence-corrected chi connectivity index (χ2v) is 7.26. The topological polar surface area (TPSA) is 55.1 Å².